The molecule has 8 heteroatoms. The molecule has 0 saturated heterocycles. The van der Waals surface area contributed by atoms with Crippen molar-refractivity contribution in [2.45, 2.75) is 19.3 Å². The van der Waals surface area contributed by atoms with Gasteiger partial charge >= 0.3 is 0 Å². The van der Waals surface area contributed by atoms with E-state index < -0.39 is 11.8 Å². The van der Waals surface area contributed by atoms with Gasteiger partial charge in [0.1, 0.15) is 15.8 Å². The maximum atomic E-state index is 12.2. The molecule has 0 saturated carbocycles. The minimum absolute atomic E-state index is 0.0893. The number of anilines is 1. The van der Waals surface area contributed by atoms with Gasteiger partial charge in [0, 0.05) is 4.88 Å². The number of carbonyl (C=O) groups excluding carboxylic acids is 2. The van der Waals surface area contributed by atoms with Crippen LogP contribution in [0.4, 0.5) is 5.00 Å². The first kappa shape index (κ1) is 14.0. The summed E-state index contributed by atoms with van der Waals surface area (Å²) < 4.78 is 0. The Morgan fingerprint density at radius 3 is 2.86 bits per heavy atom. The molecule has 3 N–H and O–H groups in total. The molecule has 2 aromatic rings. The van der Waals surface area contributed by atoms with Gasteiger partial charge in [-0.2, -0.15) is 0 Å². The zero-order valence-corrected chi connectivity index (χ0v) is 12.4. The van der Waals surface area contributed by atoms with Crippen LogP contribution in [0.3, 0.4) is 0 Å². The summed E-state index contributed by atoms with van der Waals surface area (Å²) in [5.74, 6) is -0.991. The number of fused-ring (bicyclic) bond motifs is 1. The lowest BCUT2D eigenvalue weighted by molar-refractivity contribution is 0.100. The molecule has 0 bridgehead atoms. The molecule has 3 rings (SSSR count). The van der Waals surface area contributed by atoms with E-state index in [2.05, 4.69) is 15.3 Å². The molecule has 0 radical (unpaired) electrons. The highest BCUT2D eigenvalue weighted by atomic mass is 35.5. The lowest BCUT2D eigenvalue weighted by Gasteiger charge is -2.05. The molecule has 108 valence electrons. The van der Waals surface area contributed by atoms with Crippen molar-refractivity contribution in [3.05, 3.63) is 39.2 Å². The number of aryl methyl sites for hydroxylation is 1. The average molecular weight is 323 g/mol. The standard InChI is InChI=1S/C13H11ClN4O2S/c14-9-5-16-4-7(17-9)12(20)18-13-10(11(15)19)6-2-1-3-8(6)21-13/h4-5H,1-3H2,(H2,15,19)(H,18,20). The lowest BCUT2D eigenvalue weighted by Crippen LogP contribution is -2.18. The number of hydrogen-bond acceptors (Lipinski definition) is 5. The Labute approximate surface area is 129 Å². The third kappa shape index (κ3) is 2.62. The normalized spacial score (nSPS) is 13.0. The Bertz CT molecular complexity index is 744. The number of rotatable bonds is 3. The molecule has 2 amide bonds. The van der Waals surface area contributed by atoms with Gasteiger partial charge in [-0.15, -0.1) is 11.3 Å². The summed E-state index contributed by atoms with van der Waals surface area (Å²) in [6.07, 6.45) is 5.39. The van der Waals surface area contributed by atoms with Crippen LogP contribution in [0.1, 0.15) is 37.7 Å². The number of carbonyl (C=O) groups is 2. The predicted octanol–water partition coefficient (Wildman–Crippen LogP) is 2.03. The molecule has 0 fully saturated rings. The smallest absolute Gasteiger partial charge is 0.276 e. The number of thiophene rings is 1. The van der Waals surface area contributed by atoms with E-state index >= 15 is 0 Å². The van der Waals surface area contributed by atoms with Crippen molar-refractivity contribution < 1.29 is 9.59 Å². The van der Waals surface area contributed by atoms with Crippen LogP contribution in [0, 0.1) is 0 Å². The number of aromatic nitrogens is 2. The fraction of sp³-hybridized carbons (Fsp3) is 0.231. The van der Waals surface area contributed by atoms with Crippen LogP contribution in [0.2, 0.25) is 5.15 Å². The third-order valence-electron chi connectivity index (χ3n) is 3.23. The molecule has 0 aromatic carbocycles. The number of nitrogens with zero attached hydrogens (tertiary/aromatic N) is 2. The first-order valence-electron chi connectivity index (χ1n) is 6.29. The van der Waals surface area contributed by atoms with E-state index in [0.29, 0.717) is 10.6 Å². The molecule has 2 aromatic heterocycles. The zero-order valence-electron chi connectivity index (χ0n) is 10.9. The summed E-state index contributed by atoms with van der Waals surface area (Å²) in [5, 5.41) is 3.28. The molecule has 6 nitrogen and oxygen atoms in total. The highest BCUT2D eigenvalue weighted by Crippen LogP contribution is 2.38. The van der Waals surface area contributed by atoms with E-state index in [1.165, 1.54) is 23.7 Å². The lowest BCUT2D eigenvalue weighted by atomic mass is 10.1. The maximum Gasteiger partial charge on any atom is 0.276 e. The summed E-state index contributed by atoms with van der Waals surface area (Å²) >= 11 is 7.10. The molecular formula is C13H11ClN4O2S. The van der Waals surface area contributed by atoms with E-state index in [-0.39, 0.29) is 10.8 Å². The summed E-state index contributed by atoms with van der Waals surface area (Å²) in [4.78, 5) is 32.6. The summed E-state index contributed by atoms with van der Waals surface area (Å²) in [6, 6.07) is 0. The molecule has 0 atom stereocenters. The number of primary amides is 1. The van der Waals surface area contributed by atoms with Crippen molar-refractivity contribution in [2.24, 2.45) is 5.73 Å². The molecule has 1 aliphatic carbocycles. The van der Waals surface area contributed by atoms with Gasteiger partial charge in [0.15, 0.2) is 0 Å². The average Bonchev–Trinajstić information content (AvgIpc) is 2.98. The Kier molecular flexibility index (Phi) is 3.60. The van der Waals surface area contributed by atoms with Crippen molar-refractivity contribution in [1.29, 1.82) is 0 Å². The van der Waals surface area contributed by atoms with Gasteiger partial charge in [0.2, 0.25) is 0 Å². The first-order valence-corrected chi connectivity index (χ1v) is 7.49. The van der Waals surface area contributed by atoms with Gasteiger partial charge in [-0.25, -0.2) is 4.98 Å². The molecule has 21 heavy (non-hydrogen) atoms. The van der Waals surface area contributed by atoms with E-state index in [0.717, 1.165) is 29.7 Å². The van der Waals surface area contributed by atoms with Crippen LogP contribution in [-0.2, 0) is 12.8 Å². The Morgan fingerprint density at radius 1 is 1.33 bits per heavy atom. The summed E-state index contributed by atoms with van der Waals surface area (Å²) in [5.41, 5.74) is 6.90. The van der Waals surface area contributed by atoms with Crippen molar-refractivity contribution >= 4 is 39.8 Å². The van der Waals surface area contributed by atoms with E-state index in [4.69, 9.17) is 17.3 Å². The van der Waals surface area contributed by atoms with Crippen LogP contribution in [0.15, 0.2) is 12.4 Å². The second-order valence-electron chi connectivity index (χ2n) is 4.61. The van der Waals surface area contributed by atoms with E-state index in [1.807, 2.05) is 0 Å². The largest absolute Gasteiger partial charge is 0.365 e. The first-order chi connectivity index (χ1) is 10.1. The third-order valence-corrected chi connectivity index (χ3v) is 4.62. The van der Waals surface area contributed by atoms with Crippen LogP contribution in [0.5, 0.6) is 0 Å². The van der Waals surface area contributed by atoms with Gasteiger partial charge in [0.05, 0.1) is 18.0 Å². The van der Waals surface area contributed by atoms with Gasteiger partial charge in [0.25, 0.3) is 11.8 Å². The second kappa shape index (κ2) is 5.42. The number of halogens is 1. The summed E-state index contributed by atoms with van der Waals surface area (Å²) in [6.45, 7) is 0. The number of amides is 2. The minimum Gasteiger partial charge on any atom is -0.365 e. The number of hydrogen-bond donors (Lipinski definition) is 2. The fourth-order valence-electron chi connectivity index (χ4n) is 2.37. The molecular weight excluding hydrogens is 312 g/mol. The van der Waals surface area contributed by atoms with Crippen molar-refractivity contribution in [2.75, 3.05) is 5.32 Å². The summed E-state index contributed by atoms with van der Waals surface area (Å²) in [7, 11) is 0. The van der Waals surface area contributed by atoms with Crippen LogP contribution >= 0.6 is 22.9 Å². The quantitative estimate of drug-likeness (QED) is 0.903. The topological polar surface area (TPSA) is 98.0 Å². The Hall–Kier alpha value is -1.99. The van der Waals surface area contributed by atoms with E-state index in [9.17, 15) is 9.59 Å². The predicted molar refractivity (Wildman–Crippen MR) is 79.9 cm³/mol. The number of nitrogens with two attached hydrogens (primary N) is 1. The molecule has 1 aliphatic rings. The Balaban J connectivity index is 1.92. The Morgan fingerprint density at radius 2 is 2.14 bits per heavy atom. The van der Waals surface area contributed by atoms with Gasteiger partial charge < -0.3 is 11.1 Å². The monoisotopic (exact) mass is 322 g/mol. The highest BCUT2D eigenvalue weighted by Gasteiger charge is 2.26. The van der Waals surface area contributed by atoms with Crippen LogP contribution in [0.25, 0.3) is 0 Å². The molecule has 0 spiro atoms. The minimum atomic E-state index is -0.526. The van der Waals surface area contributed by atoms with Crippen LogP contribution in [-0.4, -0.2) is 21.8 Å². The molecule has 2 heterocycles. The maximum absolute atomic E-state index is 12.2. The molecule has 0 unspecified atom stereocenters. The molecule has 0 aliphatic heterocycles. The van der Waals surface area contributed by atoms with Gasteiger partial charge in [-0.3, -0.25) is 14.6 Å². The van der Waals surface area contributed by atoms with Gasteiger partial charge in [-0.1, -0.05) is 11.6 Å². The van der Waals surface area contributed by atoms with Crippen molar-refractivity contribution in [3.8, 4) is 0 Å². The SMILES string of the molecule is NC(=O)c1c(NC(=O)c2cncc(Cl)n2)sc2c1CCC2. The van der Waals surface area contributed by atoms with Crippen LogP contribution < -0.4 is 11.1 Å². The highest BCUT2D eigenvalue weighted by molar-refractivity contribution is 7.17. The van der Waals surface area contributed by atoms with E-state index in [1.54, 1.807) is 0 Å². The second-order valence-corrected chi connectivity index (χ2v) is 6.10. The zero-order chi connectivity index (χ0) is 15.0. The van der Waals surface area contributed by atoms with Crippen molar-refractivity contribution in [1.82, 2.24) is 9.97 Å². The van der Waals surface area contributed by atoms with Crippen molar-refractivity contribution in [3.63, 3.8) is 0 Å². The fourth-order valence-corrected chi connectivity index (χ4v) is 3.81. The number of nitrogens with one attached hydrogen (secondary N) is 1. The van der Waals surface area contributed by atoms with Gasteiger partial charge in [-0.05, 0) is 24.8 Å².